The zero-order chi connectivity index (χ0) is 10.2. The van der Waals surface area contributed by atoms with Gasteiger partial charge in [0, 0.05) is 6.61 Å². The van der Waals surface area contributed by atoms with E-state index in [0.29, 0.717) is 12.0 Å². The minimum Gasteiger partial charge on any atom is -0.379 e. The maximum absolute atomic E-state index is 11.6. The van der Waals surface area contributed by atoms with Gasteiger partial charge in [-0.25, -0.2) is 4.39 Å². The summed E-state index contributed by atoms with van der Waals surface area (Å²) < 4.78 is 16.6. The highest BCUT2D eigenvalue weighted by Gasteiger charge is 2.08. The molecule has 0 aromatic rings. The molecular formula is C11H23FO. The van der Waals surface area contributed by atoms with Gasteiger partial charge in [0.25, 0.3) is 0 Å². The lowest BCUT2D eigenvalue weighted by atomic mass is 9.89. The SMILES string of the molecule is CC(C)(C)CCCCCOCC[18F]. The zero-order valence-electron chi connectivity index (χ0n) is 9.24. The van der Waals surface area contributed by atoms with E-state index in [1.165, 1.54) is 19.3 Å². The Kier molecular flexibility index (Phi) is 7.25. The molecule has 0 amide bonds. The van der Waals surface area contributed by atoms with E-state index in [1.807, 2.05) is 0 Å². The van der Waals surface area contributed by atoms with Gasteiger partial charge >= 0.3 is 0 Å². The average Bonchev–Trinajstić information content (AvgIpc) is 2.01. The van der Waals surface area contributed by atoms with E-state index in [9.17, 15) is 4.39 Å². The number of hydrogen-bond donors (Lipinski definition) is 0. The predicted molar refractivity (Wildman–Crippen MR) is 54.7 cm³/mol. The fourth-order valence-electron chi connectivity index (χ4n) is 1.19. The second kappa shape index (κ2) is 7.31. The molecule has 0 bridgehead atoms. The molecule has 0 aromatic carbocycles. The number of ether oxygens (including phenoxy) is 1. The van der Waals surface area contributed by atoms with E-state index < -0.39 is 0 Å². The van der Waals surface area contributed by atoms with Crippen LogP contribution in [0.3, 0.4) is 0 Å². The Balaban J connectivity index is 3.00. The van der Waals surface area contributed by atoms with Crippen LogP contribution in [-0.2, 0) is 4.74 Å². The molecule has 0 aliphatic heterocycles. The highest BCUT2D eigenvalue weighted by molar-refractivity contribution is 4.60. The van der Waals surface area contributed by atoms with Gasteiger partial charge in [-0.05, 0) is 18.3 Å². The molecule has 0 saturated carbocycles. The normalized spacial score (nSPS) is 12.0. The molecule has 2 heteroatoms. The summed E-state index contributed by atoms with van der Waals surface area (Å²) in [5, 5.41) is 0. The Bertz CT molecular complexity index is 107. The van der Waals surface area contributed by atoms with Gasteiger partial charge in [0.15, 0.2) is 0 Å². The summed E-state index contributed by atoms with van der Waals surface area (Å²) >= 11 is 0. The first-order valence-corrected chi connectivity index (χ1v) is 5.20. The van der Waals surface area contributed by atoms with Crippen LogP contribution in [0, 0.1) is 5.41 Å². The van der Waals surface area contributed by atoms with Crippen LogP contribution in [0.2, 0.25) is 0 Å². The molecule has 0 rings (SSSR count). The fourth-order valence-corrected chi connectivity index (χ4v) is 1.19. The van der Waals surface area contributed by atoms with Crippen molar-refractivity contribution in [2.75, 3.05) is 19.9 Å². The second-order valence-electron chi connectivity index (χ2n) is 4.67. The maximum atomic E-state index is 11.6. The molecule has 0 aromatic heterocycles. The summed E-state index contributed by atoms with van der Waals surface area (Å²) in [6.45, 7) is 7.39. The van der Waals surface area contributed by atoms with Gasteiger partial charge in [0.05, 0.1) is 6.61 Å². The van der Waals surface area contributed by atoms with Crippen LogP contribution in [0.5, 0.6) is 0 Å². The monoisotopic (exact) mass is 189 g/mol. The summed E-state index contributed by atoms with van der Waals surface area (Å²) in [5.41, 5.74) is 0.444. The van der Waals surface area contributed by atoms with Gasteiger partial charge in [-0.15, -0.1) is 0 Å². The van der Waals surface area contributed by atoms with E-state index in [1.54, 1.807) is 0 Å². The highest BCUT2D eigenvalue weighted by Crippen LogP contribution is 2.21. The summed E-state index contributed by atoms with van der Waals surface area (Å²) in [4.78, 5) is 0. The minimum absolute atomic E-state index is 0.263. The molecule has 0 spiro atoms. The van der Waals surface area contributed by atoms with E-state index >= 15 is 0 Å². The molecular weight excluding hydrogens is 166 g/mol. The first-order valence-electron chi connectivity index (χ1n) is 5.20. The van der Waals surface area contributed by atoms with Crippen molar-refractivity contribution in [3.8, 4) is 0 Å². The first-order chi connectivity index (χ1) is 6.06. The quantitative estimate of drug-likeness (QED) is 0.556. The summed E-state index contributed by atoms with van der Waals surface area (Å²) in [6.07, 6.45) is 4.78. The van der Waals surface area contributed by atoms with Crippen molar-refractivity contribution < 1.29 is 9.13 Å². The van der Waals surface area contributed by atoms with E-state index in [4.69, 9.17) is 4.74 Å². The molecule has 0 radical (unpaired) electrons. The Morgan fingerprint density at radius 1 is 1.00 bits per heavy atom. The minimum atomic E-state index is -0.359. The molecule has 0 aliphatic rings. The van der Waals surface area contributed by atoms with Crippen molar-refractivity contribution in [1.29, 1.82) is 0 Å². The van der Waals surface area contributed by atoms with Crippen molar-refractivity contribution in [3.05, 3.63) is 0 Å². The van der Waals surface area contributed by atoms with Crippen LogP contribution in [0.25, 0.3) is 0 Å². The van der Waals surface area contributed by atoms with Crippen molar-refractivity contribution in [3.63, 3.8) is 0 Å². The van der Waals surface area contributed by atoms with Crippen molar-refractivity contribution in [1.82, 2.24) is 0 Å². The number of alkyl halides is 1. The first kappa shape index (κ1) is 12.9. The molecule has 0 N–H and O–H groups in total. The van der Waals surface area contributed by atoms with Crippen molar-refractivity contribution in [2.45, 2.75) is 46.5 Å². The lowest BCUT2D eigenvalue weighted by molar-refractivity contribution is 0.115. The van der Waals surface area contributed by atoms with Crippen LogP contribution in [0.1, 0.15) is 46.5 Å². The Hall–Kier alpha value is -0.110. The number of halogens is 1. The summed E-state index contributed by atoms with van der Waals surface area (Å²) in [6, 6.07) is 0. The largest absolute Gasteiger partial charge is 0.379 e. The molecule has 0 unspecified atom stereocenters. The van der Waals surface area contributed by atoms with E-state index in [-0.39, 0.29) is 13.3 Å². The van der Waals surface area contributed by atoms with E-state index in [0.717, 1.165) is 6.42 Å². The van der Waals surface area contributed by atoms with Crippen LogP contribution in [0.15, 0.2) is 0 Å². The lowest BCUT2D eigenvalue weighted by Gasteiger charge is -2.17. The van der Waals surface area contributed by atoms with E-state index in [2.05, 4.69) is 20.8 Å². The summed E-state index contributed by atoms with van der Waals surface area (Å²) in [7, 11) is 0. The molecule has 0 aliphatic carbocycles. The molecule has 80 valence electrons. The van der Waals surface area contributed by atoms with Crippen molar-refractivity contribution >= 4 is 0 Å². The molecule has 1 nitrogen and oxygen atoms in total. The van der Waals surface area contributed by atoms with Crippen LogP contribution < -0.4 is 0 Å². The molecule has 0 saturated heterocycles. The summed E-state index contributed by atoms with van der Waals surface area (Å²) in [5.74, 6) is 0. The number of rotatable bonds is 7. The standard InChI is InChI=1S/C11H23FO/c1-11(2,3)7-5-4-6-9-13-10-8-12/h4-10H2,1-3H3/i12-1. The third-order valence-electron chi connectivity index (χ3n) is 1.94. The Morgan fingerprint density at radius 2 is 1.69 bits per heavy atom. The Labute approximate surface area is 81.7 Å². The smallest absolute Gasteiger partial charge is 0.113 e. The predicted octanol–water partition coefficient (Wildman–Crippen LogP) is 3.58. The van der Waals surface area contributed by atoms with Gasteiger partial charge in [-0.1, -0.05) is 33.6 Å². The molecule has 0 atom stereocenters. The van der Waals surface area contributed by atoms with Gasteiger partial charge in [0.1, 0.15) is 6.67 Å². The maximum Gasteiger partial charge on any atom is 0.113 e. The van der Waals surface area contributed by atoms with Crippen LogP contribution >= 0.6 is 0 Å². The number of hydrogen-bond acceptors (Lipinski definition) is 1. The third-order valence-corrected chi connectivity index (χ3v) is 1.94. The third kappa shape index (κ3) is 11.9. The average molecular weight is 189 g/mol. The van der Waals surface area contributed by atoms with Crippen molar-refractivity contribution in [2.24, 2.45) is 5.41 Å². The molecule has 13 heavy (non-hydrogen) atoms. The highest BCUT2D eigenvalue weighted by atomic mass is 18.2. The molecule has 0 fully saturated rings. The topological polar surface area (TPSA) is 9.23 Å². The van der Waals surface area contributed by atoms with Gasteiger partial charge in [0.2, 0.25) is 0 Å². The van der Waals surface area contributed by atoms with Gasteiger partial charge in [-0.3, -0.25) is 0 Å². The Morgan fingerprint density at radius 3 is 2.23 bits per heavy atom. The fraction of sp³-hybridized carbons (Fsp3) is 1.00. The van der Waals surface area contributed by atoms with Gasteiger partial charge < -0.3 is 4.74 Å². The van der Waals surface area contributed by atoms with Gasteiger partial charge in [-0.2, -0.15) is 0 Å². The lowest BCUT2D eigenvalue weighted by Crippen LogP contribution is -2.04. The van der Waals surface area contributed by atoms with Crippen LogP contribution in [0.4, 0.5) is 4.39 Å². The molecule has 0 heterocycles. The zero-order valence-corrected chi connectivity index (χ0v) is 9.24. The second-order valence-corrected chi connectivity index (χ2v) is 4.67. The van der Waals surface area contributed by atoms with Crippen LogP contribution in [-0.4, -0.2) is 19.9 Å². The number of unbranched alkanes of at least 4 members (excludes halogenated alkanes) is 2.